The second kappa shape index (κ2) is 7.11. The third-order valence-electron chi connectivity index (χ3n) is 5.67. The van der Waals surface area contributed by atoms with E-state index in [1.807, 2.05) is 58.1 Å². The second-order valence-electron chi connectivity index (χ2n) is 7.43. The van der Waals surface area contributed by atoms with Crippen LogP contribution in [-0.4, -0.2) is 37.4 Å². The Labute approximate surface area is 163 Å². The van der Waals surface area contributed by atoms with Crippen molar-refractivity contribution in [3.8, 4) is 0 Å². The van der Waals surface area contributed by atoms with E-state index in [-0.39, 0.29) is 18.2 Å². The number of carbonyl (C=O) groups is 1. The number of ether oxygens (including phenoxy) is 1. The lowest BCUT2D eigenvalue weighted by Gasteiger charge is -2.44. The van der Waals surface area contributed by atoms with Crippen molar-refractivity contribution < 1.29 is 9.53 Å². The largest absolute Gasteiger partial charge is 0.445 e. The zero-order valence-corrected chi connectivity index (χ0v) is 15.6. The molecule has 0 aliphatic carbocycles. The average molecular weight is 374 g/mol. The minimum atomic E-state index is -0.214. The Morgan fingerprint density at radius 3 is 2.89 bits per heavy atom. The Kier molecular flexibility index (Phi) is 4.31. The summed E-state index contributed by atoms with van der Waals surface area (Å²) in [4.78, 5) is 23.5. The third-order valence-corrected chi connectivity index (χ3v) is 5.67. The lowest BCUT2D eigenvalue weighted by Crippen LogP contribution is -2.51. The molecule has 6 nitrogen and oxygen atoms in total. The molecular formula is C22H22N4O2. The third kappa shape index (κ3) is 3.05. The maximum Gasteiger partial charge on any atom is 0.410 e. The van der Waals surface area contributed by atoms with Crippen LogP contribution in [0.3, 0.4) is 0 Å². The van der Waals surface area contributed by atoms with Crippen LogP contribution in [0.25, 0.3) is 11.4 Å². The van der Waals surface area contributed by atoms with Crippen molar-refractivity contribution in [3.63, 3.8) is 0 Å². The number of rotatable bonds is 3. The molecule has 5 rings (SSSR count). The van der Waals surface area contributed by atoms with Gasteiger partial charge in [0.2, 0.25) is 5.78 Å². The zero-order chi connectivity index (χ0) is 18.9. The summed E-state index contributed by atoms with van der Waals surface area (Å²) in [6.45, 7) is 0.311. The first kappa shape index (κ1) is 17.0. The van der Waals surface area contributed by atoms with E-state index in [1.54, 1.807) is 6.20 Å². The van der Waals surface area contributed by atoms with Crippen LogP contribution in [-0.2, 0) is 11.3 Å². The molecular weight excluding hydrogens is 352 g/mol. The Balaban J connectivity index is 1.38. The molecule has 0 spiro atoms. The number of imidazole rings is 1. The van der Waals surface area contributed by atoms with Crippen molar-refractivity contribution in [1.82, 2.24) is 19.3 Å². The van der Waals surface area contributed by atoms with E-state index in [0.717, 1.165) is 36.9 Å². The highest BCUT2D eigenvalue weighted by Crippen LogP contribution is 2.37. The van der Waals surface area contributed by atoms with Gasteiger partial charge in [-0.15, -0.1) is 0 Å². The Hall–Kier alpha value is -3.15. The molecule has 2 unspecified atom stereocenters. The first-order chi connectivity index (χ1) is 13.8. The molecule has 2 aromatic heterocycles. The number of hydrogen-bond acceptors (Lipinski definition) is 4. The molecule has 1 saturated heterocycles. The van der Waals surface area contributed by atoms with Gasteiger partial charge >= 0.3 is 6.09 Å². The van der Waals surface area contributed by atoms with Gasteiger partial charge in [0, 0.05) is 18.4 Å². The van der Waals surface area contributed by atoms with E-state index in [0.29, 0.717) is 12.4 Å². The minimum Gasteiger partial charge on any atom is -0.445 e. The van der Waals surface area contributed by atoms with Gasteiger partial charge in [0.25, 0.3) is 0 Å². The summed E-state index contributed by atoms with van der Waals surface area (Å²) in [7, 11) is 0. The molecule has 2 atom stereocenters. The van der Waals surface area contributed by atoms with Gasteiger partial charge in [0.15, 0.2) is 0 Å². The molecule has 1 amide bonds. The number of benzene rings is 1. The highest BCUT2D eigenvalue weighted by molar-refractivity contribution is 5.74. The number of carbonyl (C=O) groups excluding carboxylic acids is 1. The van der Waals surface area contributed by atoms with E-state index in [9.17, 15) is 4.79 Å². The van der Waals surface area contributed by atoms with Crippen LogP contribution in [0.2, 0.25) is 0 Å². The lowest BCUT2D eigenvalue weighted by molar-refractivity contribution is 0.0510. The molecule has 6 heteroatoms. The van der Waals surface area contributed by atoms with E-state index in [2.05, 4.69) is 16.0 Å². The maximum atomic E-state index is 12.8. The summed E-state index contributed by atoms with van der Waals surface area (Å²) in [6.07, 6.45) is 11.5. The van der Waals surface area contributed by atoms with E-state index < -0.39 is 0 Å². The quantitative estimate of drug-likeness (QED) is 0.693. The van der Waals surface area contributed by atoms with Crippen LogP contribution in [0.15, 0.2) is 61.1 Å². The van der Waals surface area contributed by atoms with Gasteiger partial charge in [-0.1, -0.05) is 36.4 Å². The Morgan fingerprint density at radius 1 is 1.14 bits per heavy atom. The van der Waals surface area contributed by atoms with Crippen LogP contribution < -0.4 is 0 Å². The summed E-state index contributed by atoms with van der Waals surface area (Å²) < 4.78 is 7.65. The van der Waals surface area contributed by atoms with Crippen molar-refractivity contribution in [2.45, 2.75) is 44.4 Å². The Morgan fingerprint density at radius 2 is 2.04 bits per heavy atom. The number of nitrogens with zero attached hydrogens (tertiary/aromatic N) is 4. The van der Waals surface area contributed by atoms with E-state index >= 15 is 0 Å². The zero-order valence-electron chi connectivity index (χ0n) is 15.6. The molecule has 4 heterocycles. The first-order valence-corrected chi connectivity index (χ1v) is 9.78. The van der Waals surface area contributed by atoms with Crippen molar-refractivity contribution >= 4 is 17.4 Å². The Bertz CT molecular complexity index is 1030. The fourth-order valence-electron chi connectivity index (χ4n) is 4.36. The average Bonchev–Trinajstić information content (AvgIpc) is 3.16. The van der Waals surface area contributed by atoms with Crippen LogP contribution in [0.1, 0.15) is 36.9 Å². The van der Waals surface area contributed by atoms with Crippen molar-refractivity contribution in [2.24, 2.45) is 0 Å². The van der Waals surface area contributed by atoms with Gasteiger partial charge in [0.1, 0.15) is 6.61 Å². The number of piperidine rings is 1. The molecule has 0 saturated carbocycles. The highest BCUT2D eigenvalue weighted by Gasteiger charge is 2.38. The topological polar surface area (TPSA) is 59.7 Å². The molecule has 2 bridgehead atoms. The van der Waals surface area contributed by atoms with Gasteiger partial charge in [-0.25, -0.2) is 14.8 Å². The van der Waals surface area contributed by atoms with Gasteiger partial charge in [-0.2, -0.15) is 0 Å². The minimum absolute atomic E-state index is 0.0768. The van der Waals surface area contributed by atoms with E-state index in [4.69, 9.17) is 4.74 Å². The monoisotopic (exact) mass is 374 g/mol. The standard InChI is InChI=1S/C22H22N4O2/c27-22(28-15-16-6-2-1-3-7-16)26-18-8-4-9-19(26)13-17(12-18)20-14-24-21-23-10-5-11-25(20)21/h1-3,5-7,10-12,14,18-19H,4,8-9,13,15H2. The van der Waals surface area contributed by atoms with Crippen LogP contribution in [0.5, 0.6) is 0 Å². The second-order valence-corrected chi connectivity index (χ2v) is 7.43. The molecule has 2 aliphatic rings. The van der Waals surface area contributed by atoms with Gasteiger partial charge in [0.05, 0.1) is 17.9 Å². The predicted molar refractivity (Wildman–Crippen MR) is 105 cm³/mol. The summed E-state index contributed by atoms with van der Waals surface area (Å²) in [6, 6.07) is 12.0. The van der Waals surface area contributed by atoms with Crippen molar-refractivity contribution in [3.05, 3.63) is 72.3 Å². The molecule has 142 valence electrons. The first-order valence-electron chi connectivity index (χ1n) is 9.78. The maximum absolute atomic E-state index is 12.8. The van der Waals surface area contributed by atoms with Gasteiger partial charge < -0.3 is 4.74 Å². The molecule has 2 aliphatic heterocycles. The highest BCUT2D eigenvalue weighted by atomic mass is 16.6. The summed E-state index contributed by atoms with van der Waals surface area (Å²) in [5, 5.41) is 0. The normalized spacial score (nSPS) is 21.4. The summed E-state index contributed by atoms with van der Waals surface area (Å²) in [5.74, 6) is 0.702. The fourth-order valence-corrected chi connectivity index (χ4v) is 4.36. The fraction of sp³-hybridized carbons (Fsp3) is 0.318. The molecule has 0 radical (unpaired) electrons. The molecule has 1 fully saturated rings. The van der Waals surface area contributed by atoms with Crippen molar-refractivity contribution in [2.75, 3.05) is 0 Å². The van der Waals surface area contributed by atoms with Crippen LogP contribution in [0, 0.1) is 0 Å². The number of aromatic nitrogens is 3. The number of amides is 1. The van der Waals surface area contributed by atoms with Crippen molar-refractivity contribution in [1.29, 1.82) is 0 Å². The van der Waals surface area contributed by atoms with E-state index in [1.165, 1.54) is 5.57 Å². The van der Waals surface area contributed by atoms with Gasteiger partial charge in [-0.05, 0) is 42.9 Å². The lowest BCUT2D eigenvalue weighted by atomic mass is 9.84. The molecule has 28 heavy (non-hydrogen) atoms. The smallest absolute Gasteiger partial charge is 0.410 e. The van der Waals surface area contributed by atoms with Crippen LogP contribution in [0.4, 0.5) is 4.79 Å². The molecule has 1 aromatic carbocycles. The summed E-state index contributed by atoms with van der Waals surface area (Å²) >= 11 is 0. The number of fused-ring (bicyclic) bond motifs is 3. The molecule has 0 N–H and O–H groups in total. The van der Waals surface area contributed by atoms with Gasteiger partial charge in [-0.3, -0.25) is 9.30 Å². The SMILES string of the molecule is O=C(OCc1ccccc1)N1C2C=C(c3cnc4ncccn34)CC1CCC2. The number of hydrogen-bond donors (Lipinski definition) is 0. The molecule has 3 aromatic rings. The van der Waals surface area contributed by atoms with Crippen LogP contribution >= 0.6 is 0 Å². The summed E-state index contributed by atoms with van der Waals surface area (Å²) in [5.41, 5.74) is 3.31. The predicted octanol–water partition coefficient (Wildman–Crippen LogP) is 4.08.